The smallest absolute Gasteiger partial charge is 0.233 e. The van der Waals surface area contributed by atoms with Crippen molar-refractivity contribution in [1.82, 2.24) is 4.90 Å². The fourth-order valence-corrected chi connectivity index (χ4v) is 3.17. The van der Waals surface area contributed by atoms with Crippen molar-refractivity contribution in [3.05, 3.63) is 34.9 Å². The summed E-state index contributed by atoms with van der Waals surface area (Å²) in [6, 6.07) is 7.72. The van der Waals surface area contributed by atoms with Gasteiger partial charge in [-0.05, 0) is 38.0 Å². The lowest BCUT2D eigenvalue weighted by molar-refractivity contribution is -0.373. The van der Waals surface area contributed by atoms with Crippen molar-refractivity contribution >= 4 is 17.5 Å². The van der Waals surface area contributed by atoms with Gasteiger partial charge in [-0.15, -0.1) is 0 Å². The van der Waals surface area contributed by atoms with Gasteiger partial charge in [0.1, 0.15) is 0 Å². The first-order chi connectivity index (χ1) is 9.09. The molecule has 0 saturated heterocycles. The first kappa shape index (κ1) is 14.4. The second kappa shape index (κ2) is 5.51. The number of hydrogen-bond acceptors (Lipinski definition) is 1. The molecular formula is C15H22ClN2O+. The van der Waals surface area contributed by atoms with Crippen LogP contribution in [0, 0.1) is 5.92 Å². The molecule has 19 heavy (non-hydrogen) atoms. The first-order valence-electron chi connectivity index (χ1n) is 6.94. The molecule has 4 heteroatoms. The van der Waals surface area contributed by atoms with Crippen LogP contribution in [0.2, 0.25) is 5.02 Å². The van der Waals surface area contributed by atoms with E-state index in [4.69, 9.17) is 11.6 Å². The van der Waals surface area contributed by atoms with Gasteiger partial charge in [-0.2, -0.15) is 0 Å². The minimum atomic E-state index is -0.376. The van der Waals surface area contributed by atoms with Crippen LogP contribution in [0.1, 0.15) is 25.8 Å². The monoisotopic (exact) mass is 281 g/mol. The molecule has 0 aliphatic heterocycles. The summed E-state index contributed by atoms with van der Waals surface area (Å²) >= 11 is 6.08. The number of rotatable bonds is 5. The zero-order valence-electron chi connectivity index (χ0n) is 11.7. The van der Waals surface area contributed by atoms with Crippen LogP contribution in [0.15, 0.2) is 24.3 Å². The molecule has 3 nitrogen and oxygen atoms in total. The molecule has 1 saturated carbocycles. The van der Waals surface area contributed by atoms with Gasteiger partial charge in [0, 0.05) is 24.0 Å². The zero-order chi connectivity index (χ0) is 14.0. The molecule has 104 valence electrons. The maximum Gasteiger partial charge on any atom is 0.233 e. The topological polar surface area (TPSA) is 48.0 Å². The number of likely N-dealkylation sites (N-methyl/N-ethyl adjacent to an activating group) is 1. The highest BCUT2D eigenvalue weighted by atomic mass is 35.5. The highest BCUT2D eigenvalue weighted by molar-refractivity contribution is 6.30. The predicted octanol–water partition coefficient (Wildman–Crippen LogP) is 1.71. The third-order valence-electron chi connectivity index (χ3n) is 4.23. The number of carbonyl (C=O) groups excluding carboxylic acids is 1. The van der Waals surface area contributed by atoms with E-state index in [1.807, 2.05) is 43.0 Å². The van der Waals surface area contributed by atoms with Gasteiger partial charge in [-0.1, -0.05) is 23.7 Å². The van der Waals surface area contributed by atoms with Gasteiger partial charge >= 0.3 is 0 Å². The SMILES string of the molecule is CCN(CC)C(=O)[C@@]1(c2cccc(Cl)c2)C[C@H]1C[NH3+]. The van der Waals surface area contributed by atoms with E-state index in [-0.39, 0.29) is 11.3 Å². The van der Waals surface area contributed by atoms with Gasteiger partial charge < -0.3 is 10.6 Å². The number of quaternary nitrogens is 1. The summed E-state index contributed by atoms with van der Waals surface area (Å²) in [6.07, 6.45) is 0.895. The molecule has 0 bridgehead atoms. The molecule has 1 aromatic carbocycles. The molecule has 0 spiro atoms. The Morgan fingerprint density at radius 3 is 2.63 bits per heavy atom. The van der Waals surface area contributed by atoms with E-state index in [0.717, 1.165) is 31.6 Å². The molecule has 1 aliphatic rings. The summed E-state index contributed by atoms with van der Waals surface area (Å²) in [4.78, 5) is 14.7. The number of benzene rings is 1. The number of amides is 1. The van der Waals surface area contributed by atoms with Crippen LogP contribution >= 0.6 is 11.6 Å². The van der Waals surface area contributed by atoms with Crippen LogP contribution in [0.3, 0.4) is 0 Å². The van der Waals surface area contributed by atoms with Crippen LogP contribution in [-0.4, -0.2) is 30.4 Å². The number of carbonyl (C=O) groups is 1. The van der Waals surface area contributed by atoms with Crippen LogP contribution in [0.4, 0.5) is 0 Å². The van der Waals surface area contributed by atoms with Gasteiger partial charge in [0.15, 0.2) is 0 Å². The summed E-state index contributed by atoms with van der Waals surface area (Å²) in [5.74, 6) is 0.576. The molecule has 0 radical (unpaired) electrons. The first-order valence-corrected chi connectivity index (χ1v) is 7.32. The lowest BCUT2D eigenvalue weighted by Crippen LogP contribution is -2.53. The number of halogens is 1. The van der Waals surface area contributed by atoms with Crippen molar-refractivity contribution in [3.8, 4) is 0 Å². The Balaban J connectivity index is 2.37. The average molecular weight is 282 g/mol. The summed E-state index contributed by atoms with van der Waals surface area (Å²) < 4.78 is 0. The number of hydrogen-bond donors (Lipinski definition) is 1. The van der Waals surface area contributed by atoms with Crippen molar-refractivity contribution in [2.24, 2.45) is 5.92 Å². The van der Waals surface area contributed by atoms with Gasteiger partial charge in [-0.3, -0.25) is 4.79 Å². The van der Waals surface area contributed by atoms with E-state index < -0.39 is 0 Å². The Kier molecular flexibility index (Phi) is 4.16. The molecule has 2 rings (SSSR count). The molecule has 0 aromatic heterocycles. The van der Waals surface area contributed by atoms with E-state index >= 15 is 0 Å². The van der Waals surface area contributed by atoms with Gasteiger partial charge in [-0.25, -0.2) is 0 Å². The summed E-state index contributed by atoms with van der Waals surface area (Å²) in [6.45, 7) is 6.34. The Bertz CT molecular complexity index is 473. The van der Waals surface area contributed by atoms with Crippen LogP contribution in [0.25, 0.3) is 0 Å². The predicted molar refractivity (Wildman–Crippen MR) is 76.9 cm³/mol. The summed E-state index contributed by atoms with van der Waals surface area (Å²) in [5.41, 5.74) is 4.65. The standard InChI is InChI=1S/C15H21ClN2O/c1-3-18(4-2)14(19)15(9-12(15)10-17)11-6-5-7-13(16)8-11/h5-8,12H,3-4,9-10,17H2,1-2H3/p+1/t12-,15+/m0/s1. The van der Waals surface area contributed by atoms with E-state index in [0.29, 0.717) is 10.9 Å². The van der Waals surface area contributed by atoms with E-state index in [2.05, 4.69) is 5.73 Å². The average Bonchev–Trinajstić information content (AvgIpc) is 3.15. The van der Waals surface area contributed by atoms with Gasteiger partial charge in [0.2, 0.25) is 5.91 Å². The molecular weight excluding hydrogens is 260 g/mol. The largest absolute Gasteiger partial charge is 0.357 e. The van der Waals surface area contributed by atoms with Crippen molar-refractivity contribution in [1.29, 1.82) is 0 Å². The third kappa shape index (κ3) is 2.37. The highest BCUT2D eigenvalue weighted by Gasteiger charge is 2.62. The third-order valence-corrected chi connectivity index (χ3v) is 4.46. The van der Waals surface area contributed by atoms with E-state index in [1.54, 1.807) is 0 Å². The molecule has 0 unspecified atom stereocenters. The van der Waals surface area contributed by atoms with Crippen LogP contribution in [0.5, 0.6) is 0 Å². The van der Waals surface area contributed by atoms with Crippen molar-refractivity contribution in [3.63, 3.8) is 0 Å². The molecule has 1 aliphatic carbocycles. The minimum absolute atomic E-state index is 0.230. The van der Waals surface area contributed by atoms with E-state index in [9.17, 15) is 4.79 Å². The number of nitrogens with zero attached hydrogens (tertiary/aromatic N) is 1. The summed E-state index contributed by atoms with van der Waals surface area (Å²) in [5, 5.41) is 0.693. The summed E-state index contributed by atoms with van der Waals surface area (Å²) in [7, 11) is 0. The fraction of sp³-hybridized carbons (Fsp3) is 0.533. The van der Waals surface area contributed by atoms with E-state index in [1.165, 1.54) is 0 Å². The molecule has 1 fully saturated rings. The Labute approximate surface area is 119 Å². The van der Waals surface area contributed by atoms with Crippen LogP contribution in [-0.2, 0) is 10.2 Å². The lowest BCUT2D eigenvalue weighted by Gasteiger charge is -2.26. The van der Waals surface area contributed by atoms with Gasteiger partial charge in [0.25, 0.3) is 0 Å². The molecule has 0 heterocycles. The van der Waals surface area contributed by atoms with Crippen LogP contribution < -0.4 is 5.73 Å². The maximum absolute atomic E-state index is 12.8. The highest BCUT2D eigenvalue weighted by Crippen LogP contribution is 2.55. The molecule has 1 aromatic rings. The second-order valence-corrected chi connectivity index (χ2v) is 5.59. The van der Waals surface area contributed by atoms with Crippen molar-refractivity contribution in [2.75, 3.05) is 19.6 Å². The maximum atomic E-state index is 12.8. The zero-order valence-corrected chi connectivity index (χ0v) is 12.4. The molecule has 1 amide bonds. The fourth-order valence-electron chi connectivity index (χ4n) is 2.98. The minimum Gasteiger partial charge on any atom is -0.357 e. The molecule has 2 atom stereocenters. The Hall–Kier alpha value is -1.06. The quantitative estimate of drug-likeness (QED) is 0.878. The Morgan fingerprint density at radius 1 is 1.47 bits per heavy atom. The Morgan fingerprint density at radius 2 is 2.16 bits per heavy atom. The lowest BCUT2D eigenvalue weighted by atomic mass is 9.91. The van der Waals surface area contributed by atoms with Crippen molar-refractivity contribution in [2.45, 2.75) is 25.7 Å². The van der Waals surface area contributed by atoms with Gasteiger partial charge in [0.05, 0.1) is 12.0 Å². The normalized spacial score (nSPS) is 25.2. The molecule has 3 N–H and O–H groups in total. The second-order valence-electron chi connectivity index (χ2n) is 5.15. The van der Waals surface area contributed by atoms with Crippen molar-refractivity contribution < 1.29 is 10.5 Å².